The molecule has 0 bridgehead atoms. The fraction of sp³-hybridized carbons (Fsp3) is 0.250. The highest BCUT2D eigenvalue weighted by Gasteiger charge is 2.07. The minimum absolute atomic E-state index is 0.425. The maximum atomic E-state index is 11.2. The van der Waals surface area contributed by atoms with E-state index in [2.05, 4.69) is 15.4 Å². The second-order valence-electron chi connectivity index (χ2n) is 4.28. The fourth-order valence-electron chi connectivity index (χ4n) is 1.72. The lowest BCUT2D eigenvalue weighted by molar-refractivity contribution is 0.1000. The molecule has 0 aliphatic rings. The summed E-state index contributed by atoms with van der Waals surface area (Å²) in [5.41, 5.74) is 13.1. The third-order valence-electron chi connectivity index (χ3n) is 2.76. The Morgan fingerprint density at radius 2 is 2.21 bits per heavy atom. The molecule has 0 unspecified atom stereocenters. The van der Waals surface area contributed by atoms with Crippen LogP contribution in [0.25, 0.3) is 0 Å². The molecule has 0 aliphatic carbocycles. The number of pyridine rings is 1. The predicted octanol–water partition coefficient (Wildman–Crippen LogP) is 0.417. The van der Waals surface area contributed by atoms with Crippen LogP contribution in [0.3, 0.4) is 0 Å². The number of aryl methyl sites for hydroxylation is 2. The van der Waals surface area contributed by atoms with Crippen molar-refractivity contribution in [3.63, 3.8) is 0 Å². The molecular weight excluding hydrogens is 244 g/mol. The van der Waals surface area contributed by atoms with Crippen LogP contribution in [0.4, 0.5) is 11.6 Å². The van der Waals surface area contributed by atoms with Crippen LogP contribution in [-0.4, -0.2) is 20.7 Å². The quantitative estimate of drug-likeness (QED) is 0.737. The Bertz CT molecular complexity index is 619. The topological polar surface area (TPSA) is 112 Å². The van der Waals surface area contributed by atoms with Crippen molar-refractivity contribution in [3.05, 3.63) is 35.2 Å². The molecule has 7 heteroatoms. The molecule has 1 amide bonds. The molecule has 19 heavy (non-hydrogen) atoms. The van der Waals surface area contributed by atoms with Gasteiger partial charge < -0.3 is 16.8 Å². The second kappa shape index (κ2) is 4.97. The van der Waals surface area contributed by atoms with Gasteiger partial charge in [-0.25, -0.2) is 4.98 Å². The minimum Gasteiger partial charge on any atom is -0.384 e. The molecule has 0 fully saturated rings. The lowest BCUT2D eigenvalue weighted by Crippen LogP contribution is -2.13. The van der Waals surface area contributed by atoms with Gasteiger partial charge in [0.25, 0.3) is 0 Å². The zero-order chi connectivity index (χ0) is 14.0. The average Bonchev–Trinajstić information content (AvgIpc) is 2.67. The number of anilines is 2. The van der Waals surface area contributed by atoms with E-state index in [4.69, 9.17) is 11.5 Å². The van der Waals surface area contributed by atoms with Crippen molar-refractivity contribution in [2.75, 3.05) is 11.1 Å². The molecule has 0 spiro atoms. The number of nitrogens with zero attached hydrogens (tertiary/aromatic N) is 3. The van der Waals surface area contributed by atoms with Gasteiger partial charge in [0, 0.05) is 30.4 Å². The van der Waals surface area contributed by atoms with Gasteiger partial charge in [-0.2, -0.15) is 5.10 Å². The lowest BCUT2D eigenvalue weighted by Gasteiger charge is -2.07. The molecule has 7 nitrogen and oxygen atoms in total. The highest BCUT2D eigenvalue weighted by Crippen LogP contribution is 2.14. The van der Waals surface area contributed by atoms with Crippen molar-refractivity contribution in [1.82, 2.24) is 14.8 Å². The molecule has 2 heterocycles. The van der Waals surface area contributed by atoms with E-state index in [0.717, 1.165) is 11.3 Å². The molecule has 2 aromatic heterocycles. The van der Waals surface area contributed by atoms with Gasteiger partial charge in [0.1, 0.15) is 11.6 Å². The van der Waals surface area contributed by atoms with E-state index in [1.165, 1.54) is 0 Å². The number of nitrogens with two attached hydrogens (primary N) is 2. The molecular formula is C12H16N6O. The van der Waals surface area contributed by atoms with Crippen LogP contribution in [0, 0.1) is 6.92 Å². The van der Waals surface area contributed by atoms with E-state index >= 15 is 0 Å². The number of rotatable bonds is 4. The Kier molecular flexibility index (Phi) is 3.37. The Morgan fingerprint density at radius 3 is 2.79 bits per heavy atom. The van der Waals surface area contributed by atoms with Crippen molar-refractivity contribution in [2.24, 2.45) is 12.8 Å². The predicted molar refractivity (Wildman–Crippen MR) is 72.4 cm³/mol. The maximum Gasteiger partial charge on any atom is 0.248 e. The third kappa shape index (κ3) is 2.82. The molecule has 2 aromatic rings. The Labute approximate surface area is 110 Å². The third-order valence-corrected chi connectivity index (χ3v) is 2.76. The smallest absolute Gasteiger partial charge is 0.248 e. The summed E-state index contributed by atoms with van der Waals surface area (Å²) in [7, 11) is 1.77. The minimum atomic E-state index is -0.477. The first kappa shape index (κ1) is 12.9. The van der Waals surface area contributed by atoms with Crippen LogP contribution in [0.1, 0.15) is 21.6 Å². The number of hydrogen-bond acceptors (Lipinski definition) is 5. The first-order valence-corrected chi connectivity index (χ1v) is 5.76. The van der Waals surface area contributed by atoms with Crippen LogP contribution in [0.2, 0.25) is 0 Å². The van der Waals surface area contributed by atoms with E-state index in [0.29, 0.717) is 23.7 Å². The van der Waals surface area contributed by atoms with Crippen molar-refractivity contribution in [1.29, 1.82) is 0 Å². The summed E-state index contributed by atoms with van der Waals surface area (Å²) >= 11 is 0. The van der Waals surface area contributed by atoms with Crippen molar-refractivity contribution in [3.8, 4) is 0 Å². The second-order valence-corrected chi connectivity index (χ2v) is 4.28. The molecule has 0 aromatic carbocycles. The molecule has 0 aliphatic heterocycles. The van der Waals surface area contributed by atoms with Gasteiger partial charge in [0.2, 0.25) is 5.91 Å². The maximum absolute atomic E-state index is 11.2. The summed E-state index contributed by atoms with van der Waals surface area (Å²) < 4.78 is 1.59. The number of primary amides is 1. The molecule has 0 atom stereocenters. The van der Waals surface area contributed by atoms with E-state index in [1.54, 1.807) is 37.0 Å². The van der Waals surface area contributed by atoms with Crippen LogP contribution in [-0.2, 0) is 13.6 Å². The SMILES string of the molecule is Cc1cc(C(N)=O)cc(NCc2cnn(C)c2N)n1. The van der Waals surface area contributed by atoms with E-state index < -0.39 is 5.91 Å². The average molecular weight is 260 g/mol. The summed E-state index contributed by atoms with van der Waals surface area (Å²) in [4.78, 5) is 15.5. The van der Waals surface area contributed by atoms with Crippen molar-refractivity contribution >= 4 is 17.5 Å². The molecule has 100 valence electrons. The number of carbonyl (C=O) groups excluding carboxylic acids is 1. The molecule has 0 saturated carbocycles. The molecule has 2 rings (SSSR count). The van der Waals surface area contributed by atoms with Gasteiger partial charge in [-0.05, 0) is 19.1 Å². The molecule has 0 saturated heterocycles. The van der Waals surface area contributed by atoms with E-state index in [-0.39, 0.29) is 0 Å². The first-order chi connectivity index (χ1) is 8.97. The summed E-state index contributed by atoms with van der Waals surface area (Å²) in [5.74, 6) is 0.696. The number of amides is 1. The summed E-state index contributed by atoms with van der Waals surface area (Å²) in [6.07, 6.45) is 1.69. The zero-order valence-electron chi connectivity index (χ0n) is 10.8. The van der Waals surface area contributed by atoms with Gasteiger partial charge >= 0.3 is 0 Å². The number of hydrogen-bond donors (Lipinski definition) is 3. The van der Waals surface area contributed by atoms with E-state index in [1.807, 2.05) is 0 Å². The Hall–Kier alpha value is -2.57. The van der Waals surface area contributed by atoms with Gasteiger partial charge in [-0.1, -0.05) is 0 Å². The largest absolute Gasteiger partial charge is 0.384 e. The highest BCUT2D eigenvalue weighted by atomic mass is 16.1. The van der Waals surface area contributed by atoms with Gasteiger partial charge in [0.15, 0.2) is 0 Å². The summed E-state index contributed by atoms with van der Waals surface area (Å²) in [5, 5.41) is 7.15. The fourth-order valence-corrected chi connectivity index (χ4v) is 1.72. The molecule has 0 radical (unpaired) electrons. The summed E-state index contributed by atoms with van der Waals surface area (Å²) in [6.45, 7) is 2.28. The van der Waals surface area contributed by atoms with Gasteiger partial charge in [0.05, 0.1) is 6.20 Å². The number of nitrogen functional groups attached to an aromatic ring is 1. The van der Waals surface area contributed by atoms with Crippen LogP contribution >= 0.6 is 0 Å². The number of nitrogens with one attached hydrogen (secondary N) is 1. The van der Waals surface area contributed by atoms with Crippen LogP contribution < -0.4 is 16.8 Å². The first-order valence-electron chi connectivity index (χ1n) is 5.76. The Balaban J connectivity index is 2.15. The van der Waals surface area contributed by atoms with Crippen LogP contribution in [0.5, 0.6) is 0 Å². The van der Waals surface area contributed by atoms with Gasteiger partial charge in [-0.3, -0.25) is 9.48 Å². The summed E-state index contributed by atoms with van der Waals surface area (Å²) in [6, 6.07) is 3.26. The monoisotopic (exact) mass is 260 g/mol. The van der Waals surface area contributed by atoms with Crippen molar-refractivity contribution in [2.45, 2.75) is 13.5 Å². The number of carbonyl (C=O) groups is 1. The van der Waals surface area contributed by atoms with E-state index in [9.17, 15) is 4.79 Å². The standard InChI is InChI=1S/C12H16N6O/c1-7-3-8(12(14)19)4-10(17-7)15-5-9-6-16-18(2)11(9)13/h3-4,6H,5,13H2,1-2H3,(H2,14,19)(H,15,17). The van der Waals surface area contributed by atoms with Crippen molar-refractivity contribution < 1.29 is 4.79 Å². The lowest BCUT2D eigenvalue weighted by atomic mass is 10.2. The molecule has 5 N–H and O–H groups in total. The number of aromatic nitrogens is 3. The zero-order valence-corrected chi connectivity index (χ0v) is 10.8. The highest BCUT2D eigenvalue weighted by molar-refractivity contribution is 5.93. The van der Waals surface area contributed by atoms with Gasteiger partial charge in [-0.15, -0.1) is 0 Å². The Morgan fingerprint density at radius 1 is 1.47 bits per heavy atom. The normalized spacial score (nSPS) is 10.4. The van der Waals surface area contributed by atoms with Crippen LogP contribution in [0.15, 0.2) is 18.3 Å².